The summed E-state index contributed by atoms with van der Waals surface area (Å²) in [5, 5.41) is 0. The zero-order chi connectivity index (χ0) is 7.49. The maximum atomic E-state index is 11.7. The van der Waals surface area contributed by atoms with Gasteiger partial charge in [0.1, 0.15) is 0 Å². The SMILES string of the molecule is CCOC(=O)C(F)(F)Br.N. The molecule has 0 aromatic rings. The molecule has 0 aromatic heterocycles. The van der Waals surface area contributed by atoms with E-state index in [1.54, 1.807) is 0 Å². The second kappa shape index (κ2) is 4.56. The zero-order valence-corrected chi connectivity index (χ0v) is 6.95. The van der Waals surface area contributed by atoms with Gasteiger partial charge in [-0.05, 0) is 6.92 Å². The van der Waals surface area contributed by atoms with Gasteiger partial charge in [0.25, 0.3) is 0 Å². The van der Waals surface area contributed by atoms with Crippen molar-refractivity contribution in [1.29, 1.82) is 0 Å². The molecule has 10 heavy (non-hydrogen) atoms. The van der Waals surface area contributed by atoms with Crippen molar-refractivity contribution < 1.29 is 18.3 Å². The molecule has 0 aliphatic heterocycles. The Hall–Kier alpha value is -0.230. The number of hydrogen-bond donors (Lipinski definition) is 1. The summed E-state index contributed by atoms with van der Waals surface area (Å²) in [4.78, 5) is 6.51. The molecule has 0 saturated heterocycles. The molecule has 0 heterocycles. The van der Waals surface area contributed by atoms with Crippen molar-refractivity contribution in [2.24, 2.45) is 0 Å². The van der Waals surface area contributed by atoms with Gasteiger partial charge in [0.2, 0.25) is 0 Å². The quantitative estimate of drug-likeness (QED) is 0.569. The van der Waals surface area contributed by atoms with Crippen LogP contribution in [0.3, 0.4) is 0 Å². The normalized spacial score (nSPS) is 10.0. The fourth-order valence-electron chi connectivity index (χ4n) is 0.213. The van der Waals surface area contributed by atoms with Gasteiger partial charge in [0.05, 0.1) is 6.61 Å². The summed E-state index contributed by atoms with van der Waals surface area (Å²) < 4.78 is 27.5. The van der Waals surface area contributed by atoms with E-state index in [1.807, 2.05) is 15.9 Å². The highest BCUT2D eigenvalue weighted by molar-refractivity contribution is 9.10. The van der Waals surface area contributed by atoms with E-state index >= 15 is 0 Å². The van der Waals surface area contributed by atoms with Gasteiger partial charge in [-0.2, -0.15) is 8.78 Å². The molecule has 0 aliphatic carbocycles. The van der Waals surface area contributed by atoms with Crippen LogP contribution in [0.4, 0.5) is 8.78 Å². The molecule has 62 valence electrons. The molecular formula is C4H8BrF2NO2. The summed E-state index contributed by atoms with van der Waals surface area (Å²) in [5.41, 5.74) is 0. The van der Waals surface area contributed by atoms with Crippen molar-refractivity contribution in [1.82, 2.24) is 6.15 Å². The van der Waals surface area contributed by atoms with E-state index in [4.69, 9.17) is 0 Å². The number of rotatable bonds is 2. The molecule has 3 N–H and O–H groups in total. The van der Waals surface area contributed by atoms with E-state index in [-0.39, 0.29) is 12.8 Å². The van der Waals surface area contributed by atoms with Crippen molar-refractivity contribution in [2.75, 3.05) is 6.61 Å². The lowest BCUT2D eigenvalue weighted by atomic mass is 10.7. The zero-order valence-electron chi connectivity index (χ0n) is 5.36. The number of halogens is 3. The van der Waals surface area contributed by atoms with E-state index in [0.717, 1.165) is 0 Å². The van der Waals surface area contributed by atoms with Crippen LogP contribution >= 0.6 is 15.9 Å². The molecule has 6 heteroatoms. The molecule has 0 aromatic carbocycles. The van der Waals surface area contributed by atoms with Gasteiger partial charge in [-0.25, -0.2) is 4.79 Å². The smallest absolute Gasteiger partial charge is 0.395 e. The summed E-state index contributed by atoms with van der Waals surface area (Å²) in [6.07, 6.45) is 0. The second-order valence-electron chi connectivity index (χ2n) is 1.22. The topological polar surface area (TPSA) is 61.3 Å². The number of ether oxygens (including phenoxy) is 1. The van der Waals surface area contributed by atoms with Crippen LogP contribution in [0.1, 0.15) is 6.92 Å². The van der Waals surface area contributed by atoms with Crippen molar-refractivity contribution in [3.05, 3.63) is 0 Å². The van der Waals surface area contributed by atoms with Gasteiger partial charge in [-0.1, -0.05) is 0 Å². The lowest BCUT2D eigenvalue weighted by Gasteiger charge is -2.05. The van der Waals surface area contributed by atoms with Crippen LogP contribution < -0.4 is 6.15 Å². The molecule has 0 aliphatic rings. The van der Waals surface area contributed by atoms with Crippen LogP contribution in [0.15, 0.2) is 0 Å². The summed E-state index contributed by atoms with van der Waals surface area (Å²) in [6, 6.07) is 0. The Balaban J connectivity index is 0. The first kappa shape index (κ1) is 12.4. The van der Waals surface area contributed by atoms with Gasteiger partial charge in [-0.15, -0.1) is 0 Å². The summed E-state index contributed by atoms with van der Waals surface area (Å²) in [7, 11) is 0. The average Bonchev–Trinajstić information content (AvgIpc) is 1.64. The Kier molecular flexibility index (Phi) is 5.68. The first-order valence-corrected chi connectivity index (χ1v) is 3.01. The number of hydrogen-bond acceptors (Lipinski definition) is 3. The second-order valence-corrected chi connectivity index (χ2v) is 2.21. The van der Waals surface area contributed by atoms with Gasteiger partial charge in [0, 0.05) is 15.9 Å². The van der Waals surface area contributed by atoms with E-state index in [9.17, 15) is 13.6 Å². The molecule has 0 fully saturated rings. The molecule has 0 unspecified atom stereocenters. The minimum Gasteiger partial charge on any atom is -0.461 e. The fourth-order valence-corrected chi connectivity index (χ4v) is 0.327. The van der Waals surface area contributed by atoms with Gasteiger partial charge in [-0.3, -0.25) is 0 Å². The third-order valence-corrected chi connectivity index (χ3v) is 0.831. The molecule has 0 amide bonds. The van der Waals surface area contributed by atoms with Crippen LogP contribution in [-0.4, -0.2) is 17.4 Å². The van der Waals surface area contributed by atoms with Crippen molar-refractivity contribution >= 4 is 21.9 Å². The fraction of sp³-hybridized carbons (Fsp3) is 0.750. The molecule has 0 radical (unpaired) electrons. The Morgan fingerprint density at radius 1 is 1.70 bits per heavy atom. The first-order chi connectivity index (χ1) is 3.98. The number of carbonyl (C=O) groups is 1. The number of alkyl halides is 3. The minimum atomic E-state index is -3.54. The highest BCUT2D eigenvalue weighted by atomic mass is 79.9. The van der Waals surface area contributed by atoms with Crippen LogP contribution in [0.5, 0.6) is 0 Å². The molecule has 0 spiro atoms. The van der Waals surface area contributed by atoms with Crippen molar-refractivity contribution in [3.63, 3.8) is 0 Å². The van der Waals surface area contributed by atoms with E-state index in [2.05, 4.69) is 4.74 Å². The lowest BCUT2D eigenvalue weighted by molar-refractivity contribution is -0.158. The highest BCUT2D eigenvalue weighted by Gasteiger charge is 2.36. The molecular weight excluding hydrogens is 212 g/mol. The largest absolute Gasteiger partial charge is 0.461 e. The molecule has 0 saturated carbocycles. The number of carbonyl (C=O) groups excluding carboxylic acids is 1. The Bertz CT molecular complexity index is 114. The Labute approximate surface area is 65.4 Å². The van der Waals surface area contributed by atoms with Crippen LogP contribution in [0, 0.1) is 0 Å². The maximum Gasteiger partial charge on any atom is 0.395 e. The predicted octanol–water partition coefficient (Wildman–Crippen LogP) is 1.70. The van der Waals surface area contributed by atoms with E-state index < -0.39 is 10.8 Å². The Morgan fingerprint density at radius 3 is 2.20 bits per heavy atom. The van der Waals surface area contributed by atoms with Gasteiger partial charge >= 0.3 is 10.8 Å². The third-order valence-electron chi connectivity index (χ3n) is 0.507. The van der Waals surface area contributed by atoms with E-state index in [1.165, 1.54) is 6.92 Å². The summed E-state index contributed by atoms with van der Waals surface area (Å²) >= 11 is 1.84. The molecule has 0 atom stereocenters. The summed E-state index contributed by atoms with van der Waals surface area (Å²) in [5.74, 6) is -1.55. The van der Waals surface area contributed by atoms with Gasteiger partial charge in [0.15, 0.2) is 0 Å². The predicted molar refractivity (Wildman–Crippen MR) is 35.5 cm³/mol. The third kappa shape index (κ3) is 4.63. The Morgan fingerprint density at radius 2 is 2.10 bits per heavy atom. The average molecular weight is 220 g/mol. The molecule has 0 bridgehead atoms. The van der Waals surface area contributed by atoms with E-state index in [0.29, 0.717) is 0 Å². The minimum absolute atomic E-state index is 0. The van der Waals surface area contributed by atoms with Gasteiger partial charge < -0.3 is 10.9 Å². The number of esters is 1. The monoisotopic (exact) mass is 219 g/mol. The van der Waals surface area contributed by atoms with Crippen LogP contribution in [-0.2, 0) is 9.53 Å². The van der Waals surface area contributed by atoms with Crippen molar-refractivity contribution in [3.8, 4) is 0 Å². The van der Waals surface area contributed by atoms with Crippen LogP contribution in [0.25, 0.3) is 0 Å². The van der Waals surface area contributed by atoms with Crippen LogP contribution in [0.2, 0.25) is 0 Å². The maximum absolute atomic E-state index is 11.7. The van der Waals surface area contributed by atoms with Crippen molar-refractivity contribution in [2.45, 2.75) is 11.8 Å². The summed E-state index contributed by atoms with van der Waals surface area (Å²) in [6.45, 7) is 1.41. The standard InChI is InChI=1S/C4H5BrF2O2.H3N/c1-2-9-3(8)4(5,6)7;/h2H2,1H3;1H3. The first-order valence-electron chi connectivity index (χ1n) is 2.22. The molecule has 3 nitrogen and oxygen atoms in total. The highest BCUT2D eigenvalue weighted by Crippen LogP contribution is 2.22. The lowest BCUT2D eigenvalue weighted by Crippen LogP contribution is -2.23. The molecule has 0 rings (SSSR count).